The standard InChI is InChI=1S/C26H29N3O6/c30-16-28(35)15-19(13-17-7-2-1-3-8-17)24(31)27-21-14-18-9-4-5-10-20(18)22-11-6-12-23(26(33)34)29(22)25(21)32/h1-5,7-10,16,19,21-23,35H,6,11-15H2,(H,27,31)(H,33,34)/t19-,21+,22-,23-/m1/s1. The molecule has 0 saturated carbocycles. The first-order valence-electron chi connectivity index (χ1n) is 11.8. The Hall–Kier alpha value is -3.72. The van der Waals surface area contributed by atoms with Crippen molar-refractivity contribution in [1.82, 2.24) is 15.3 Å². The number of carbonyl (C=O) groups excluding carboxylic acids is 3. The molecule has 2 aromatic rings. The first-order valence-corrected chi connectivity index (χ1v) is 11.8. The number of amides is 3. The van der Waals surface area contributed by atoms with E-state index in [4.69, 9.17) is 0 Å². The lowest BCUT2D eigenvalue weighted by Crippen LogP contribution is -2.56. The second-order valence-corrected chi connectivity index (χ2v) is 9.12. The van der Waals surface area contributed by atoms with Gasteiger partial charge in [0, 0.05) is 6.42 Å². The number of piperidine rings is 1. The third-order valence-electron chi connectivity index (χ3n) is 6.84. The van der Waals surface area contributed by atoms with E-state index in [1.807, 2.05) is 54.6 Å². The van der Waals surface area contributed by atoms with Crippen LogP contribution in [0.1, 0.15) is 42.0 Å². The molecule has 1 fully saturated rings. The summed E-state index contributed by atoms with van der Waals surface area (Å²) in [6, 6.07) is 14.4. The lowest BCUT2D eigenvalue weighted by Gasteiger charge is -2.40. The fraction of sp³-hybridized carbons (Fsp3) is 0.385. The molecule has 0 radical (unpaired) electrons. The van der Waals surface area contributed by atoms with E-state index >= 15 is 0 Å². The number of hydroxylamine groups is 2. The highest BCUT2D eigenvalue weighted by Crippen LogP contribution is 2.39. The Morgan fingerprint density at radius 2 is 1.83 bits per heavy atom. The summed E-state index contributed by atoms with van der Waals surface area (Å²) in [5.74, 6) is -2.79. The van der Waals surface area contributed by atoms with Crippen LogP contribution < -0.4 is 5.32 Å². The number of nitrogens with zero attached hydrogens (tertiary/aromatic N) is 2. The number of carbonyl (C=O) groups is 4. The van der Waals surface area contributed by atoms with Gasteiger partial charge in [0.15, 0.2) is 0 Å². The maximum absolute atomic E-state index is 13.7. The van der Waals surface area contributed by atoms with Gasteiger partial charge in [-0.3, -0.25) is 19.6 Å². The molecule has 9 heteroatoms. The molecule has 2 aromatic carbocycles. The highest BCUT2D eigenvalue weighted by atomic mass is 16.5. The van der Waals surface area contributed by atoms with E-state index in [-0.39, 0.29) is 31.8 Å². The van der Waals surface area contributed by atoms with Crippen molar-refractivity contribution in [3.63, 3.8) is 0 Å². The number of nitrogens with one attached hydrogen (secondary N) is 1. The summed E-state index contributed by atoms with van der Waals surface area (Å²) in [6.07, 6.45) is 2.41. The number of rotatable bonds is 8. The molecule has 0 spiro atoms. The van der Waals surface area contributed by atoms with Crippen molar-refractivity contribution in [1.29, 1.82) is 0 Å². The summed E-state index contributed by atoms with van der Waals surface area (Å²) in [6.45, 7) is -0.244. The fourth-order valence-corrected chi connectivity index (χ4v) is 5.20. The minimum atomic E-state index is -1.06. The molecular formula is C26H29N3O6. The van der Waals surface area contributed by atoms with E-state index in [9.17, 15) is 29.5 Å². The van der Waals surface area contributed by atoms with Gasteiger partial charge in [-0.2, -0.15) is 0 Å². The molecule has 0 unspecified atom stereocenters. The minimum Gasteiger partial charge on any atom is -0.480 e. The van der Waals surface area contributed by atoms with Gasteiger partial charge in [0.2, 0.25) is 18.2 Å². The normalized spacial score (nSPS) is 22.3. The zero-order valence-electron chi connectivity index (χ0n) is 19.2. The molecule has 9 nitrogen and oxygen atoms in total. The third-order valence-corrected chi connectivity index (χ3v) is 6.84. The Bertz CT molecular complexity index is 1090. The van der Waals surface area contributed by atoms with Crippen LogP contribution in [0.4, 0.5) is 0 Å². The van der Waals surface area contributed by atoms with Crippen molar-refractivity contribution in [3.8, 4) is 0 Å². The molecular weight excluding hydrogens is 450 g/mol. The maximum atomic E-state index is 13.7. The summed E-state index contributed by atoms with van der Waals surface area (Å²) in [5, 5.41) is 22.8. The molecule has 0 aliphatic carbocycles. The molecule has 2 aliphatic heterocycles. The molecule has 35 heavy (non-hydrogen) atoms. The van der Waals surface area contributed by atoms with E-state index in [0.717, 1.165) is 16.7 Å². The number of hydrogen-bond donors (Lipinski definition) is 3. The van der Waals surface area contributed by atoms with Crippen LogP contribution in [0.15, 0.2) is 54.6 Å². The van der Waals surface area contributed by atoms with E-state index in [0.29, 0.717) is 24.3 Å². The number of carboxylic acids is 1. The first kappa shape index (κ1) is 24.4. The number of aliphatic carboxylic acids is 1. The van der Waals surface area contributed by atoms with Crippen molar-refractivity contribution >= 4 is 24.2 Å². The fourth-order valence-electron chi connectivity index (χ4n) is 5.20. The highest BCUT2D eigenvalue weighted by Gasteiger charge is 2.44. The Labute approximate surface area is 203 Å². The molecule has 184 valence electrons. The predicted octanol–water partition coefficient (Wildman–Crippen LogP) is 1.94. The molecule has 2 heterocycles. The molecule has 3 amide bonds. The van der Waals surface area contributed by atoms with E-state index in [1.165, 1.54) is 4.90 Å². The van der Waals surface area contributed by atoms with E-state index < -0.39 is 35.8 Å². The van der Waals surface area contributed by atoms with Crippen molar-refractivity contribution < 1.29 is 29.5 Å². The molecule has 1 saturated heterocycles. The topological polar surface area (TPSA) is 127 Å². The number of carboxylic acid groups (broad SMARTS) is 1. The van der Waals surface area contributed by atoms with Crippen LogP contribution >= 0.6 is 0 Å². The smallest absolute Gasteiger partial charge is 0.326 e. The lowest BCUT2D eigenvalue weighted by molar-refractivity contribution is -0.157. The van der Waals surface area contributed by atoms with Gasteiger partial charge >= 0.3 is 5.97 Å². The van der Waals surface area contributed by atoms with Gasteiger partial charge in [0.25, 0.3) is 0 Å². The first-order chi connectivity index (χ1) is 16.9. The number of fused-ring (bicyclic) bond motifs is 3. The van der Waals surface area contributed by atoms with Crippen LogP contribution in [-0.4, -0.2) is 63.1 Å². The van der Waals surface area contributed by atoms with Gasteiger partial charge < -0.3 is 15.3 Å². The number of hydrogen-bond acceptors (Lipinski definition) is 5. The van der Waals surface area contributed by atoms with Crippen molar-refractivity contribution in [3.05, 3.63) is 71.3 Å². The summed E-state index contributed by atoms with van der Waals surface area (Å²) in [5.41, 5.74) is 2.64. The van der Waals surface area contributed by atoms with Gasteiger partial charge in [-0.05, 0) is 42.4 Å². The number of benzene rings is 2. The van der Waals surface area contributed by atoms with Gasteiger partial charge in [0.1, 0.15) is 12.1 Å². The maximum Gasteiger partial charge on any atom is 0.326 e. The summed E-state index contributed by atoms with van der Waals surface area (Å²) >= 11 is 0. The predicted molar refractivity (Wildman–Crippen MR) is 125 cm³/mol. The summed E-state index contributed by atoms with van der Waals surface area (Å²) < 4.78 is 0. The monoisotopic (exact) mass is 479 g/mol. The molecule has 0 aromatic heterocycles. The van der Waals surface area contributed by atoms with Crippen LogP contribution in [0, 0.1) is 5.92 Å². The molecule has 4 rings (SSSR count). The summed E-state index contributed by atoms with van der Waals surface area (Å²) in [7, 11) is 0. The Kier molecular flexibility index (Phi) is 7.45. The average Bonchev–Trinajstić information content (AvgIpc) is 2.98. The van der Waals surface area contributed by atoms with Crippen LogP contribution in [0.2, 0.25) is 0 Å². The van der Waals surface area contributed by atoms with Crippen molar-refractivity contribution in [2.24, 2.45) is 5.92 Å². The highest BCUT2D eigenvalue weighted by molar-refractivity contribution is 5.92. The largest absolute Gasteiger partial charge is 0.480 e. The molecule has 3 N–H and O–H groups in total. The van der Waals surface area contributed by atoms with E-state index in [2.05, 4.69) is 5.32 Å². The Balaban J connectivity index is 1.63. The molecule has 2 aliphatic rings. The van der Waals surface area contributed by atoms with Crippen LogP contribution in [0.25, 0.3) is 0 Å². The van der Waals surface area contributed by atoms with Crippen molar-refractivity contribution in [2.45, 2.75) is 50.2 Å². The van der Waals surface area contributed by atoms with Gasteiger partial charge in [-0.1, -0.05) is 54.6 Å². The van der Waals surface area contributed by atoms with Crippen molar-refractivity contribution in [2.75, 3.05) is 6.54 Å². The lowest BCUT2D eigenvalue weighted by atomic mass is 9.89. The third kappa shape index (κ3) is 5.35. The Morgan fingerprint density at radius 3 is 2.54 bits per heavy atom. The molecule has 4 atom stereocenters. The quantitative estimate of drug-likeness (QED) is 0.302. The zero-order valence-corrected chi connectivity index (χ0v) is 19.2. The van der Waals surface area contributed by atoms with Crippen LogP contribution in [0.3, 0.4) is 0 Å². The zero-order chi connectivity index (χ0) is 24.9. The second kappa shape index (κ2) is 10.7. The SMILES string of the molecule is O=CN(O)C[C@@H](Cc1ccccc1)C(=O)N[C@H]1Cc2ccccc2[C@H]2CCC[C@H](C(=O)O)N2C1=O. The Morgan fingerprint density at radius 1 is 1.11 bits per heavy atom. The van der Waals surface area contributed by atoms with E-state index in [1.54, 1.807) is 0 Å². The summed E-state index contributed by atoms with van der Waals surface area (Å²) in [4.78, 5) is 51.5. The van der Waals surface area contributed by atoms with Gasteiger partial charge in [0.05, 0.1) is 18.5 Å². The minimum absolute atomic E-state index is 0.230. The molecule has 0 bridgehead atoms. The van der Waals surface area contributed by atoms with Crippen LogP contribution in [-0.2, 0) is 32.0 Å². The second-order valence-electron chi connectivity index (χ2n) is 9.12. The van der Waals surface area contributed by atoms with Crippen LogP contribution in [0.5, 0.6) is 0 Å². The average molecular weight is 480 g/mol. The van der Waals surface area contributed by atoms with Gasteiger partial charge in [-0.25, -0.2) is 9.86 Å². The van der Waals surface area contributed by atoms with Gasteiger partial charge in [-0.15, -0.1) is 0 Å².